The molecule has 1 aliphatic heterocycles. The van der Waals surface area contributed by atoms with Crippen LogP contribution >= 0.6 is 0 Å². The third kappa shape index (κ3) is 1.63. The molecule has 0 amide bonds. The predicted molar refractivity (Wildman–Crippen MR) is 58.9 cm³/mol. The number of nitro groups is 1. The van der Waals surface area contributed by atoms with Crippen molar-refractivity contribution >= 4 is 17.1 Å². The molecule has 1 aliphatic rings. The molecule has 4 nitrogen and oxygen atoms in total. The number of non-ortho nitro benzene ring substituents is 1. The summed E-state index contributed by atoms with van der Waals surface area (Å²) in [5.41, 5.74) is 4.14. The highest BCUT2D eigenvalue weighted by Gasteiger charge is 2.19. The Labute approximate surface area is 87.8 Å². The van der Waals surface area contributed by atoms with Crippen molar-refractivity contribution in [3.63, 3.8) is 0 Å². The zero-order valence-corrected chi connectivity index (χ0v) is 8.78. The summed E-state index contributed by atoms with van der Waals surface area (Å²) in [7, 11) is 0. The van der Waals surface area contributed by atoms with Gasteiger partial charge < -0.3 is 0 Å². The number of hydrogen-bond acceptors (Lipinski definition) is 3. The summed E-state index contributed by atoms with van der Waals surface area (Å²) in [6.07, 6.45) is 1.64. The molecule has 15 heavy (non-hydrogen) atoms. The van der Waals surface area contributed by atoms with Gasteiger partial charge in [0, 0.05) is 24.3 Å². The van der Waals surface area contributed by atoms with Crippen LogP contribution in [0.3, 0.4) is 0 Å². The molecule has 0 unspecified atom stereocenters. The van der Waals surface area contributed by atoms with Crippen molar-refractivity contribution in [2.75, 3.05) is 0 Å². The molecule has 0 radical (unpaired) electrons. The van der Waals surface area contributed by atoms with Crippen LogP contribution in [0.1, 0.15) is 25.0 Å². The van der Waals surface area contributed by atoms with Gasteiger partial charge in [-0.3, -0.25) is 15.1 Å². The first kappa shape index (κ1) is 9.83. The lowest BCUT2D eigenvalue weighted by molar-refractivity contribution is -0.384. The second kappa shape index (κ2) is 3.46. The van der Waals surface area contributed by atoms with Gasteiger partial charge in [-0.15, -0.1) is 0 Å². The molecule has 1 aromatic rings. The molecule has 4 heteroatoms. The molecule has 1 heterocycles. The number of benzene rings is 1. The van der Waals surface area contributed by atoms with Gasteiger partial charge in [0.05, 0.1) is 10.6 Å². The number of aliphatic imine (C=N–C) groups is 1. The third-order valence-electron chi connectivity index (χ3n) is 2.64. The molecule has 0 atom stereocenters. The molecule has 0 N–H and O–H groups in total. The van der Waals surface area contributed by atoms with Crippen LogP contribution in [-0.2, 0) is 12.8 Å². The predicted octanol–water partition coefficient (Wildman–Crippen LogP) is 2.81. The summed E-state index contributed by atoms with van der Waals surface area (Å²) in [5.74, 6) is 0. The second-order valence-electron chi connectivity index (χ2n) is 3.74. The number of rotatable bonds is 2. The quantitative estimate of drug-likeness (QED) is 0.549. The fraction of sp³-hybridized carbons (Fsp3) is 0.364. The van der Waals surface area contributed by atoms with E-state index in [1.807, 2.05) is 13.8 Å². The summed E-state index contributed by atoms with van der Waals surface area (Å²) in [5, 5.41) is 10.7. The first-order valence-electron chi connectivity index (χ1n) is 4.96. The van der Waals surface area contributed by atoms with Crippen molar-refractivity contribution in [2.24, 2.45) is 4.99 Å². The zero-order valence-electron chi connectivity index (χ0n) is 8.78. The van der Waals surface area contributed by atoms with Crippen molar-refractivity contribution in [1.82, 2.24) is 0 Å². The molecule has 0 saturated carbocycles. The monoisotopic (exact) mass is 204 g/mol. The summed E-state index contributed by atoms with van der Waals surface area (Å²) in [6.45, 7) is 3.96. The van der Waals surface area contributed by atoms with Gasteiger partial charge in [-0.25, -0.2) is 0 Å². The molecule has 1 aromatic carbocycles. The SMILES string of the molecule is CCc1cc([N+](=O)[O-])cc2c1CC(C)=N2. The summed E-state index contributed by atoms with van der Waals surface area (Å²) < 4.78 is 0. The lowest BCUT2D eigenvalue weighted by Gasteiger charge is -2.04. The van der Waals surface area contributed by atoms with Crippen molar-refractivity contribution in [3.8, 4) is 0 Å². The zero-order chi connectivity index (χ0) is 11.0. The molecule has 78 valence electrons. The minimum absolute atomic E-state index is 0.143. The Hall–Kier alpha value is -1.71. The Morgan fingerprint density at radius 3 is 2.87 bits per heavy atom. The number of aryl methyl sites for hydroxylation is 1. The summed E-state index contributed by atoms with van der Waals surface area (Å²) >= 11 is 0. The van der Waals surface area contributed by atoms with Crippen molar-refractivity contribution < 1.29 is 4.92 Å². The minimum atomic E-state index is -0.359. The largest absolute Gasteiger partial charge is 0.271 e. The Bertz CT molecular complexity index is 464. The fourth-order valence-electron chi connectivity index (χ4n) is 1.92. The first-order chi connectivity index (χ1) is 7.11. The van der Waals surface area contributed by atoms with Gasteiger partial charge in [0.25, 0.3) is 5.69 Å². The number of hydrogen-bond donors (Lipinski definition) is 0. The average Bonchev–Trinajstić information content (AvgIpc) is 2.56. The smallest absolute Gasteiger partial charge is 0.258 e. The first-order valence-corrected chi connectivity index (χ1v) is 4.96. The van der Waals surface area contributed by atoms with Crippen molar-refractivity contribution in [1.29, 1.82) is 0 Å². The standard InChI is InChI=1S/C11H12N2O2/c1-3-8-5-9(13(14)15)6-11-10(8)4-7(2)12-11/h5-6H,3-4H2,1-2H3. The number of fused-ring (bicyclic) bond motifs is 1. The summed E-state index contributed by atoms with van der Waals surface area (Å²) in [6, 6.07) is 3.22. The highest BCUT2D eigenvalue weighted by Crippen LogP contribution is 2.34. The van der Waals surface area contributed by atoms with Gasteiger partial charge in [-0.2, -0.15) is 0 Å². The molecule has 0 saturated heterocycles. The lowest BCUT2D eigenvalue weighted by atomic mass is 10.0. The molecule has 0 fully saturated rings. The van der Waals surface area contributed by atoms with Crippen LogP contribution in [0.4, 0.5) is 11.4 Å². The van der Waals surface area contributed by atoms with E-state index in [1.165, 1.54) is 0 Å². The van der Waals surface area contributed by atoms with Gasteiger partial charge in [0.15, 0.2) is 0 Å². The van der Waals surface area contributed by atoms with E-state index in [1.54, 1.807) is 12.1 Å². The second-order valence-corrected chi connectivity index (χ2v) is 3.74. The molecule has 0 spiro atoms. The van der Waals surface area contributed by atoms with Crippen LogP contribution in [0.5, 0.6) is 0 Å². The van der Waals surface area contributed by atoms with E-state index in [0.717, 1.165) is 35.4 Å². The Morgan fingerprint density at radius 2 is 2.27 bits per heavy atom. The normalized spacial score (nSPS) is 13.6. The Balaban J connectivity index is 2.58. The van der Waals surface area contributed by atoms with E-state index < -0.39 is 0 Å². The molecular formula is C11H12N2O2. The van der Waals surface area contributed by atoms with E-state index >= 15 is 0 Å². The molecule has 0 aromatic heterocycles. The molecule has 0 aliphatic carbocycles. The van der Waals surface area contributed by atoms with Crippen molar-refractivity contribution in [3.05, 3.63) is 33.4 Å². The maximum absolute atomic E-state index is 10.7. The van der Waals surface area contributed by atoms with Gasteiger partial charge in [-0.1, -0.05) is 6.92 Å². The Kier molecular flexibility index (Phi) is 2.26. The van der Waals surface area contributed by atoms with Crippen LogP contribution in [-0.4, -0.2) is 10.6 Å². The summed E-state index contributed by atoms with van der Waals surface area (Å²) in [4.78, 5) is 14.7. The number of nitro benzene ring substituents is 1. The maximum Gasteiger partial charge on any atom is 0.271 e. The fourth-order valence-corrected chi connectivity index (χ4v) is 1.92. The Morgan fingerprint density at radius 1 is 1.53 bits per heavy atom. The molecule has 0 bridgehead atoms. The van der Waals surface area contributed by atoms with Crippen LogP contribution in [0, 0.1) is 10.1 Å². The molecule has 2 rings (SSSR count). The highest BCUT2D eigenvalue weighted by atomic mass is 16.6. The topological polar surface area (TPSA) is 55.5 Å². The lowest BCUT2D eigenvalue weighted by Crippen LogP contribution is -1.96. The van der Waals surface area contributed by atoms with Crippen LogP contribution in [0.25, 0.3) is 0 Å². The van der Waals surface area contributed by atoms with Crippen LogP contribution < -0.4 is 0 Å². The number of nitrogens with zero attached hydrogens (tertiary/aromatic N) is 2. The third-order valence-corrected chi connectivity index (χ3v) is 2.64. The minimum Gasteiger partial charge on any atom is -0.258 e. The van der Waals surface area contributed by atoms with E-state index in [9.17, 15) is 10.1 Å². The van der Waals surface area contributed by atoms with E-state index in [0.29, 0.717) is 0 Å². The van der Waals surface area contributed by atoms with E-state index in [2.05, 4.69) is 4.99 Å². The van der Waals surface area contributed by atoms with Gasteiger partial charge >= 0.3 is 0 Å². The van der Waals surface area contributed by atoms with Crippen LogP contribution in [0.2, 0.25) is 0 Å². The van der Waals surface area contributed by atoms with E-state index in [-0.39, 0.29) is 10.6 Å². The van der Waals surface area contributed by atoms with Gasteiger partial charge in [-0.05, 0) is 24.5 Å². The van der Waals surface area contributed by atoms with Gasteiger partial charge in [0.2, 0.25) is 0 Å². The van der Waals surface area contributed by atoms with Crippen molar-refractivity contribution in [2.45, 2.75) is 26.7 Å². The average molecular weight is 204 g/mol. The highest BCUT2D eigenvalue weighted by molar-refractivity contribution is 5.93. The maximum atomic E-state index is 10.7. The molecular weight excluding hydrogens is 192 g/mol. The van der Waals surface area contributed by atoms with E-state index in [4.69, 9.17) is 0 Å². The van der Waals surface area contributed by atoms with Crippen LogP contribution in [0.15, 0.2) is 17.1 Å². The van der Waals surface area contributed by atoms with Gasteiger partial charge in [0.1, 0.15) is 0 Å².